The number of benzene rings is 1. The lowest BCUT2D eigenvalue weighted by Gasteiger charge is -1.99. The minimum atomic E-state index is -1.26. The van der Waals surface area contributed by atoms with Crippen LogP contribution in [0.3, 0.4) is 0 Å². The van der Waals surface area contributed by atoms with Gasteiger partial charge in [-0.25, -0.2) is 4.79 Å². The molecule has 2 aromatic rings. The summed E-state index contributed by atoms with van der Waals surface area (Å²) in [6.07, 6.45) is 0.613. The number of hydrogen-bond acceptors (Lipinski definition) is 6. The largest absolute Gasteiger partial charge is 0.476 e. The van der Waals surface area contributed by atoms with E-state index in [1.807, 2.05) is 0 Å². The number of hydrogen-bond donors (Lipinski definition) is 1. The maximum atomic E-state index is 10.5. The number of carboxylic acid groups (broad SMARTS) is 1. The highest BCUT2D eigenvalue weighted by molar-refractivity contribution is 5.84. The second-order valence-corrected chi connectivity index (χ2v) is 3.16. The molecule has 0 fully saturated rings. The van der Waals surface area contributed by atoms with Gasteiger partial charge in [0.15, 0.2) is 5.69 Å². The molecule has 0 atom stereocenters. The van der Waals surface area contributed by atoms with Gasteiger partial charge >= 0.3 is 12.0 Å². The number of aromatic nitrogens is 1. The maximum absolute atomic E-state index is 10.5. The number of rotatable bonds is 4. The summed E-state index contributed by atoms with van der Waals surface area (Å²) < 4.78 is 9.80. The Morgan fingerprint density at radius 1 is 1.50 bits per heavy atom. The first-order chi connectivity index (χ1) is 8.56. The van der Waals surface area contributed by atoms with E-state index in [1.54, 1.807) is 0 Å². The summed E-state index contributed by atoms with van der Waals surface area (Å²) in [4.78, 5) is 24.0. The van der Waals surface area contributed by atoms with Gasteiger partial charge in [-0.2, -0.15) is 4.98 Å². The van der Waals surface area contributed by atoms with Crippen molar-refractivity contribution >= 4 is 11.7 Å². The molecule has 2 rings (SSSR count). The fraction of sp³-hybridized carbons (Fsp3) is 0. The summed E-state index contributed by atoms with van der Waals surface area (Å²) in [5.74, 6) is -1.13. The average molecular weight is 250 g/mol. The van der Waals surface area contributed by atoms with E-state index >= 15 is 0 Å². The minimum absolute atomic E-state index is 0.128. The zero-order valence-corrected chi connectivity index (χ0v) is 8.77. The molecule has 1 heterocycles. The van der Waals surface area contributed by atoms with Crippen molar-refractivity contribution in [3.63, 3.8) is 0 Å². The molecule has 0 spiro atoms. The predicted molar refractivity (Wildman–Crippen MR) is 56.6 cm³/mol. The summed E-state index contributed by atoms with van der Waals surface area (Å²) in [7, 11) is 0. The Hall–Kier alpha value is -2.90. The third-order valence-electron chi connectivity index (χ3n) is 1.94. The van der Waals surface area contributed by atoms with E-state index in [0.717, 1.165) is 6.26 Å². The van der Waals surface area contributed by atoms with Crippen LogP contribution in [0.1, 0.15) is 10.5 Å². The summed E-state index contributed by atoms with van der Waals surface area (Å²) in [5.41, 5.74) is -0.465. The Balaban J connectivity index is 2.20. The Kier molecular flexibility index (Phi) is 2.92. The van der Waals surface area contributed by atoms with Crippen LogP contribution >= 0.6 is 0 Å². The molecule has 1 aromatic carbocycles. The quantitative estimate of drug-likeness (QED) is 0.652. The number of nitrogens with zero attached hydrogens (tertiary/aromatic N) is 2. The molecule has 18 heavy (non-hydrogen) atoms. The first-order valence-electron chi connectivity index (χ1n) is 4.67. The Morgan fingerprint density at radius 3 is 2.89 bits per heavy atom. The van der Waals surface area contributed by atoms with Crippen LogP contribution in [0, 0.1) is 10.1 Å². The first-order valence-corrected chi connectivity index (χ1v) is 4.67. The maximum Gasteiger partial charge on any atom is 0.399 e. The lowest BCUT2D eigenvalue weighted by atomic mass is 10.3. The van der Waals surface area contributed by atoms with Crippen LogP contribution in [0.5, 0.6) is 11.8 Å². The van der Waals surface area contributed by atoms with Crippen molar-refractivity contribution in [2.24, 2.45) is 0 Å². The fourth-order valence-electron chi connectivity index (χ4n) is 1.16. The van der Waals surface area contributed by atoms with E-state index in [4.69, 9.17) is 14.3 Å². The summed E-state index contributed by atoms with van der Waals surface area (Å²) in [6, 6.07) is 5.35. The minimum Gasteiger partial charge on any atom is -0.476 e. The van der Waals surface area contributed by atoms with Crippen LogP contribution in [-0.2, 0) is 0 Å². The molecule has 0 saturated heterocycles. The molecule has 0 radical (unpaired) electrons. The van der Waals surface area contributed by atoms with Gasteiger partial charge in [-0.15, -0.1) is 0 Å². The molecule has 1 N–H and O–H groups in total. The number of oxazole rings is 1. The van der Waals surface area contributed by atoms with Crippen LogP contribution in [0.25, 0.3) is 0 Å². The van der Waals surface area contributed by atoms with Gasteiger partial charge in [0.05, 0.1) is 11.0 Å². The summed E-state index contributed by atoms with van der Waals surface area (Å²) in [5, 5.41) is 19.1. The van der Waals surface area contributed by atoms with E-state index in [1.165, 1.54) is 24.3 Å². The summed E-state index contributed by atoms with van der Waals surface area (Å²) in [6.45, 7) is 0. The van der Waals surface area contributed by atoms with Gasteiger partial charge in [0, 0.05) is 6.07 Å². The number of carboxylic acids is 1. The van der Waals surface area contributed by atoms with Gasteiger partial charge in [-0.3, -0.25) is 10.1 Å². The Labute approximate surface area is 99.6 Å². The van der Waals surface area contributed by atoms with Crippen LogP contribution in [0.15, 0.2) is 34.9 Å². The second-order valence-electron chi connectivity index (χ2n) is 3.16. The molecule has 0 aliphatic heterocycles. The van der Waals surface area contributed by atoms with E-state index < -0.39 is 10.9 Å². The molecule has 0 unspecified atom stereocenters. The van der Waals surface area contributed by atoms with Gasteiger partial charge in [-0.05, 0) is 6.07 Å². The van der Waals surface area contributed by atoms with Crippen molar-refractivity contribution in [1.82, 2.24) is 4.98 Å². The highest BCUT2D eigenvalue weighted by Crippen LogP contribution is 2.24. The van der Waals surface area contributed by atoms with Crippen LogP contribution in [0.4, 0.5) is 5.69 Å². The number of nitro benzene ring substituents is 1. The van der Waals surface area contributed by atoms with Gasteiger partial charge in [0.1, 0.15) is 12.0 Å². The highest BCUT2D eigenvalue weighted by atomic mass is 16.6. The Bertz CT molecular complexity index is 606. The van der Waals surface area contributed by atoms with Gasteiger partial charge < -0.3 is 14.3 Å². The van der Waals surface area contributed by atoms with E-state index in [2.05, 4.69) is 4.98 Å². The molecule has 0 aliphatic rings. The monoisotopic (exact) mass is 250 g/mol. The zero-order chi connectivity index (χ0) is 13.1. The van der Waals surface area contributed by atoms with Gasteiger partial charge in [0.2, 0.25) is 0 Å². The van der Waals surface area contributed by atoms with Crippen LogP contribution in [-0.4, -0.2) is 21.0 Å². The number of aromatic carboxylic acids is 1. The van der Waals surface area contributed by atoms with Crippen molar-refractivity contribution in [2.45, 2.75) is 0 Å². The third-order valence-corrected chi connectivity index (χ3v) is 1.94. The number of nitro groups is 1. The molecule has 0 bridgehead atoms. The fourth-order valence-corrected chi connectivity index (χ4v) is 1.16. The van der Waals surface area contributed by atoms with Crippen LogP contribution < -0.4 is 4.74 Å². The van der Waals surface area contributed by atoms with Crippen molar-refractivity contribution in [3.8, 4) is 11.8 Å². The molecule has 0 amide bonds. The molecular weight excluding hydrogens is 244 g/mol. The van der Waals surface area contributed by atoms with Gasteiger partial charge in [-0.1, -0.05) is 6.07 Å². The standard InChI is InChI=1S/C10H6N2O6/c13-9(14)8-5-17-10(11-8)18-7-3-1-2-6(4-7)12(15)16/h1-5H,(H,13,14). The van der Waals surface area contributed by atoms with E-state index in [0.29, 0.717) is 0 Å². The molecule has 8 nitrogen and oxygen atoms in total. The number of carbonyl (C=O) groups is 1. The van der Waals surface area contributed by atoms with Gasteiger partial charge in [0.25, 0.3) is 5.69 Å². The summed E-state index contributed by atoms with van der Waals surface area (Å²) >= 11 is 0. The second kappa shape index (κ2) is 4.53. The molecule has 0 aliphatic carbocycles. The Morgan fingerprint density at radius 2 is 2.28 bits per heavy atom. The topological polar surface area (TPSA) is 116 Å². The zero-order valence-electron chi connectivity index (χ0n) is 8.77. The highest BCUT2D eigenvalue weighted by Gasteiger charge is 2.13. The van der Waals surface area contributed by atoms with Crippen molar-refractivity contribution in [3.05, 3.63) is 46.3 Å². The van der Waals surface area contributed by atoms with E-state index in [9.17, 15) is 14.9 Å². The lowest BCUT2D eigenvalue weighted by molar-refractivity contribution is -0.384. The smallest absolute Gasteiger partial charge is 0.399 e. The SMILES string of the molecule is O=C(O)c1coc(Oc2cccc([N+](=O)[O-])c2)n1. The van der Waals surface area contributed by atoms with Crippen molar-refractivity contribution in [1.29, 1.82) is 0 Å². The molecule has 0 saturated carbocycles. The first kappa shape index (κ1) is 11.6. The predicted octanol–water partition coefficient (Wildman–Crippen LogP) is 2.07. The normalized spacial score (nSPS) is 10.0. The number of non-ortho nitro benzene ring substituents is 1. The number of ether oxygens (including phenoxy) is 1. The van der Waals surface area contributed by atoms with E-state index in [-0.39, 0.29) is 23.2 Å². The third kappa shape index (κ3) is 2.43. The molecule has 92 valence electrons. The molecular formula is C10H6N2O6. The molecule has 8 heteroatoms. The van der Waals surface area contributed by atoms with Crippen molar-refractivity contribution in [2.75, 3.05) is 0 Å². The van der Waals surface area contributed by atoms with Crippen molar-refractivity contribution < 1.29 is 24.0 Å². The molecule has 1 aromatic heterocycles. The lowest BCUT2D eigenvalue weighted by Crippen LogP contribution is -1.96. The average Bonchev–Trinajstić information content (AvgIpc) is 2.78. The van der Waals surface area contributed by atoms with Crippen LogP contribution in [0.2, 0.25) is 0 Å².